The Morgan fingerprint density at radius 3 is 2.27 bits per heavy atom. The summed E-state index contributed by atoms with van der Waals surface area (Å²) in [6.07, 6.45) is 1.43. The van der Waals surface area contributed by atoms with Gasteiger partial charge in [0.05, 0.1) is 29.4 Å². The topological polar surface area (TPSA) is 107 Å². The number of hydrogen-bond acceptors (Lipinski definition) is 5. The molecule has 0 aliphatic heterocycles. The number of carbonyl (C=O) groups excluding carboxylic acids is 2. The summed E-state index contributed by atoms with van der Waals surface area (Å²) in [6, 6.07) is 10.4. The van der Waals surface area contributed by atoms with Crippen LogP contribution in [0.15, 0.2) is 29.8 Å². The van der Waals surface area contributed by atoms with Crippen LogP contribution in [-0.2, 0) is 4.74 Å². The van der Waals surface area contributed by atoms with E-state index in [1.165, 1.54) is 6.08 Å². The van der Waals surface area contributed by atoms with E-state index in [2.05, 4.69) is 4.98 Å². The fraction of sp³-hybridized carbons (Fsp3) is 0.200. The first-order chi connectivity index (χ1) is 12.4. The molecule has 0 aliphatic carbocycles. The number of aryl methyl sites for hydroxylation is 2. The van der Waals surface area contributed by atoms with Crippen LogP contribution in [-0.4, -0.2) is 23.3 Å². The summed E-state index contributed by atoms with van der Waals surface area (Å²) in [4.78, 5) is 28.1. The Kier molecular flexibility index (Phi) is 5.72. The van der Waals surface area contributed by atoms with Gasteiger partial charge in [-0.05, 0) is 44.5 Å². The highest BCUT2D eigenvalue weighted by molar-refractivity contribution is 6.19. The number of nitriles is 2. The zero-order valence-corrected chi connectivity index (χ0v) is 14.7. The van der Waals surface area contributed by atoms with Gasteiger partial charge in [-0.2, -0.15) is 10.5 Å². The SMILES string of the molecule is CCOC(=O)c1c(C)[nH]c(C)c1C(=O)C(C#N)=Cc1ccc(C#N)cc1. The van der Waals surface area contributed by atoms with Gasteiger partial charge < -0.3 is 9.72 Å². The second-order valence-corrected chi connectivity index (χ2v) is 5.58. The van der Waals surface area contributed by atoms with Gasteiger partial charge >= 0.3 is 5.97 Å². The molecule has 0 saturated carbocycles. The van der Waals surface area contributed by atoms with Gasteiger partial charge in [0.15, 0.2) is 0 Å². The van der Waals surface area contributed by atoms with Crippen LogP contribution in [0.1, 0.15) is 50.2 Å². The maximum absolute atomic E-state index is 12.9. The lowest BCUT2D eigenvalue weighted by molar-refractivity contribution is 0.0523. The first kappa shape index (κ1) is 18.7. The minimum Gasteiger partial charge on any atom is -0.462 e. The van der Waals surface area contributed by atoms with Crippen LogP contribution < -0.4 is 0 Å². The molecule has 2 aromatic rings. The number of nitrogens with zero attached hydrogens (tertiary/aromatic N) is 2. The van der Waals surface area contributed by atoms with Gasteiger partial charge in [-0.15, -0.1) is 0 Å². The van der Waals surface area contributed by atoms with Crippen molar-refractivity contribution in [3.63, 3.8) is 0 Å². The normalized spacial score (nSPS) is 10.7. The molecule has 1 aromatic carbocycles. The number of rotatable bonds is 5. The molecular formula is C20H17N3O3. The number of aromatic amines is 1. The lowest BCUT2D eigenvalue weighted by Crippen LogP contribution is -2.13. The van der Waals surface area contributed by atoms with E-state index in [0.29, 0.717) is 22.5 Å². The zero-order chi connectivity index (χ0) is 19.3. The fourth-order valence-corrected chi connectivity index (χ4v) is 2.63. The average molecular weight is 347 g/mol. The van der Waals surface area contributed by atoms with Crippen molar-refractivity contribution in [2.45, 2.75) is 20.8 Å². The molecule has 2 rings (SSSR count). The number of nitrogens with one attached hydrogen (secondary N) is 1. The molecule has 130 valence electrons. The molecule has 0 aliphatic rings. The average Bonchev–Trinajstić information content (AvgIpc) is 2.93. The summed E-state index contributed by atoms with van der Waals surface area (Å²) in [5.74, 6) is -1.16. The van der Waals surface area contributed by atoms with Crippen LogP contribution in [0.5, 0.6) is 0 Å². The Morgan fingerprint density at radius 2 is 1.73 bits per heavy atom. The molecule has 0 radical (unpaired) electrons. The molecule has 1 aromatic heterocycles. The standard InChI is InChI=1S/C20H17N3O3/c1-4-26-20(25)18-13(3)23-12(2)17(18)19(24)16(11-22)9-14-5-7-15(10-21)8-6-14/h5-9,23H,4H2,1-3H3. The number of hydrogen-bond donors (Lipinski definition) is 1. The molecule has 0 amide bonds. The second kappa shape index (κ2) is 7.96. The van der Waals surface area contributed by atoms with Gasteiger partial charge in [0.1, 0.15) is 11.6 Å². The number of esters is 1. The molecule has 0 saturated heterocycles. The van der Waals surface area contributed by atoms with Crippen molar-refractivity contribution >= 4 is 17.8 Å². The number of Topliss-reactive ketones (excluding diaryl/α,β-unsaturated/α-hetero) is 1. The molecule has 26 heavy (non-hydrogen) atoms. The highest BCUT2D eigenvalue weighted by Crippen LogP contribution is 2.23. The van der Waals surface area contributed by atoms with E-state index >= 15 is 0 Å². The molecule has 0 atom stereocenters. The minimum absolute atomic E-state index is 0.109. The van der Waals surface area contributed by atoms with Crippen LogP contribution in [0.3, 0.4) is 0 Å². The van der Waals surface area contributed by atoms with Crippen LogP contribution in [0, 0.1) is 36.5 Å². The first-order valence-electron chi connectivity index (χ1n) is 7.95. The van der Waals surface area contributed by atoms with Gasteiger partial charge in [0.2, 0.25) is 5.78 Å². The van der Waals surface area contributed by atoms with E-state index in [1.54, 1.807) is 45.0 Å². The predicted octanol–water partition coefficient (Wildman–Crippen LogP) is 3.47. The van der Waals surface area contributed by atoms with Crippen molar-refractivity contribution in [3.8, 4) is 12.1 Å². The maximum Gasteiger partial charge on any atom is 0.340 e. The molecule has 0 unspecified atom stereocenters. The summed E-state index contributed by atoms with van der Waals surface area (Å²) in [7, 11) is 0. The number of H-pyrrole nitrogens is 1. The van der Waals surface area contributed by atoms with Crippen molar-refractivity contribution in [3.05, 3.63) is 63.5 Å². The third-order valence-electron chi connectivity index (χ3n) is 3.80. The Balaban J connectivity index is 2.49. The smallest absolute Gasteiger partial charge is 0.340 e. The zero-order valence-electron chi connectivity index (χ0n) is 14.7. The number of allylic oxidation sites excluding steroid dienone is 1. The van der Waals surface area contributed by atoms with E-state index in [9.17, 15) is 14.9 Å². The molecule has 0 bridgehead atoms. The number of ketones is 1. The van der Waals surface area contributed by atoms with Crippen LogP contribution in [0.2, 0.25) is 0 Å². The molecule has 6 nitrogen and oxygen atoms in total. The minimum atomic E-state index is -0.603. The van der Waals surface area contributed by atoms with Crippen LogP contribution in [0.4, 0.5) is 0 Å². The monoisotopic (exact) mass is 347 g/mol. The van der Waals surface area contributed by atoms with Gasteiger partial charge in [0, 0.05) is 11.4 Å². The molecular weight excluding hydrogens is 330 g/mol. The first-order valence-corrected chi connectivity index (χ1v) is 7.95. The van der Waals surface area contributed by atoms with Crippen LogP contribution >= 0.6 is 0 Å². The largest absolute Gasteiger partial charge is 0.462 e. The van der Waals surface area contributed by atoms with E-state index < -0.39 is 11.8 Å². The lowest BCUT2D eigenvalue weighted by Gasteiger charge is -2.05. The van der Waals surface area contributed by atoms with Gasteiger partial charge in [-0.1, -0.05) is 12.1 Å². The second-order valence-electron chi connectivity index (χ2n) is 5.58. The maximum atomic E-state index is 12.9. The summed E-state index contributed by atoms with van der Waals surface area (Å²) >= 11 is 0. The van der Waals surface area contributed by atoms with Crippen molar-refractivity contribution in [2.24, 2.45) is 0 Å². The summed E-state index contributed by atoms with van der Waals surface area (Å²) < 4.78 is 5.03. The van der Waals surface area contributed by atoms with Crippen LogP contribution in [0.25, 0.3) is 6.08 Å². The number of benzene rings is 1. The number of carbonyl (C=O) groups is 2. The van der Waals surface area contributed by atoms with Crippen molar-refractivity contribution in [1.82, 2.24) is 4.98 Å². The summed E-state index contributed by atoms with van der Waals surface area (Å²) in [5, 5.41) is 18.3. The van der Waals surface area contributed by atoms with Crippen molar-refractivity contribution in [2.75, 3.05) is 6.61 Å². The van der Waals surface area contributed by atoms with E-state index in [4.69, 9.17) is 10.00 Å². The number of ether oxygens (including phenoxy) is 1. The number of aromatic nitrogens is 1. The fourth-order valence-electron chi connectivity index (χ4n) is 2.63. The van der Waals surface area contributed by atoms with Gasteiger partial charge in [-0.25, -0.2) is 4.79 Å². The highest BCUT2D eigenvalue weighted by Gasteiger charge is 2.27. The molecule has 1 N–H and O–H groups in total. The van der Waals surface area contributed by atoms with E-state index in [1.807, 2.05) is 12.1 Å². The Bertz CT molecular complexity index is 967. The summed E-state index contributed by atoms with van der Waals surface area (Å²) in [6.45, 7) is 5.20. The van der Waals surface area contributed by atoms with Gasteiger partial charge in [-0.3, -0.25) is 4.79 Å². The molecule has 0 fully saturated rings. The Hall–Kier alpha value is -3.64. The van der Waals surface area contributed by atoms with Crippen molar-refractivity contribution in [1.29, 1.82) is 10.5 Å². The predicted molar refractivity (Wildman–Crippen MR) is 95.3 cm³/mol. The lowest BCUT2D eigenvalue weighted by atomic mass is 9.97. The highest BCUT2D eigenvalue weighted by atomic mass is 16.5. The Morgan fingerprint density at radius 1 is 1.12 bits per heavy atom. The van der Waals surface area contributed by atoms with E-state index in [0.717, 1.165) is 0 Å². The molecule has 0 spiro atoms. The van der Waals surface area contributed by atoms with E-state index in [-0.39, 0.29) is 23.3 Å². The van der Waals surface area contributed by atoms with Crippen molar-refractivity contribution < 1.29 is 14.3 Å². The Labute approximate surface area is 151 Å². The molecule has 6 heteroatoms. The molecule has 1 heterocycles. The van der Waals surface area contributed by atoms with Gasteiger partial charge in [0.25, 0.3) is 0 Å². The quantitative estimate of drug-likeness (QED) is 0.386. The summed E-state index contributed by atoms with van der Waals surface area (Å²) in [5.41, 5.74) is 2.28. The third kappa shape index (κ3) is 3.71. The third-order valence-corrected chi connectivity index (χ3v) is 3.80.